The molecule has 4 rings (SSSR count). The summed E-state index contributed by atoms with van der Waals surface area (Å²) in [5.74, 6) is 4.41. The van der Waals surface area contributed by atoms with E-state index in [0.29, 0.717) is 52.4 Å². The Morgan fingerprint density at radius 3 is 1.65 bits per heavy atom. The Bertz CT molecular complexity index is 1260. The molecule has 0 aliphatic rings. The van der Waals surface area contributed by atoms with Crippen LogP contribution in [0, 0.1) is 0 Å². The highest BCUT2D eigenvalue weighted by molar-refractivity contribution is 5.84. The maximum absolute atomic E-state index is 5.73. The van der Waals surface area contributed by atoms with Crippen LogP contribution >= 0.6 is 0 Å². The molecule has 1 heterocycles. The molecule has 4 aromatic rings. The minimum absolute atomic E-state index is 0.421. The molecule has 8 heteroatoms. The second kappa shape index (κ2) is 9.82. The van der Waals surface area contributed by atoms with E-state index in [4.69, 9.17) is 33.4 Å². The number of rotatable bonds is 9. The lowest BCUT2D eigenvalue weighted by Gasteiger charge is -2.19. The summed E-state index contributed by atoms with van der Waals surface area (Å²) in [6.45, 7) is 0.421. The van der Waals surface area contributed by atoms with Crippen molar-refractivity contribution in [1.29, 1.82) is 0 Å². The van der Waals surface area contributed by atoms with Crippen LogP contribution in [0.3, 0.4) is 0 Å². The van der Waals surface area contributed by atoms with Crippen LogP contribution in [0.25, 0.3) is 22.4 Å². The molecule has 0 aliphatic heterocycles. The molecular weight excluding hydrogens is 436 g/mol. The van der Waals surface area contributed by atoms with E-state index < -0.39 is 0 Å². The average molecular weight is 465 g/mol. The number of ether oxygens (including phenoxy) is 6. The van der Waals surface area contributed by atoms with E-state index in [2.05, 4.69) is 4.57 Å². The standard InChI is InChI=1S/C26H28N2O6/c1-29-16-11-21(31-3)18(22(12-16)32-4)15-28-20-10-8-7-9-19(20)27-26(28)25-23(33-5)13-17(30-2)14-24(25)34-6/h7-14H,15H2,1-6H3. The van der Waals surface area contributed by atoms with Crippen LogP contribution in [0.5, 0.6) is 34.5 Å². The summed E-state index contributed by atoms with van der Waals surface area (Å²) in [7, 11) is 9.68. The van der Waals surface area contributed by atoms with Gasteiger partial charge in [0, 0.05) is 24.3 Å². The largest absolute Gasteiger partial charge is 0.496 e. The lowest BCUT2D eigenvalue weighted by Crippen LogP contribution is -2.07. The molecule has 0 amide bonds. The quantitative estimate of drug-likeness (QED) is 0.352. The molecule has 8 nitrogen and oxygen atoms in total. The third kappa shape index (κ3) is 4.03. The van der Waals surface area contributed by atoms with Gasteiger partial charge >= 0.3 is 0 Å². The van der Waals surface area contributed by atoms with Gasteiger partial charge in [-0.25, -0.2) is 4.98 Å². The van der Waals surface area contributed by atoms with Crippen molar-refractivity contribution in [3.8, 4) is 45.9 Å². The Hall–Kier alpha value is -4.07. The maximum atomic E-state index is 5.73. The first-order valence-corrected chi connectivity index (χ1v) is 10.6. The summed E-state index contributed by atoms with van der Waals surface area (Å²) < 4.78 is 35.8. The predicted molar refractivity (Wildman–Crippen MR) is 130 cm³/mol. The number of aromatic nitrogens is 2. The second-order valence-corrected chi connectivity index (χ2v) is 7.43. The fourth-order valence-electron chi connectivity index (χ4n) is 4.04. The van der Waals surface area contributed by atoms with Gasteiger partial charge in [0.1, 0.15) is 45.9 Å². The van der Waals surface area contributed by atoms with Crippen LogP contribution in [0.1, 0.15) is 5.56 Å². The van der Waals surface area contributed by atoms with Gasteiger partial charge in [-0.3, -0.25) is 0 Å². The number of imidazole rings is 1. The van der Waals surface area contributed by atoms with Crippen molar-refractivity contribution in [3.05, 3.63) is 54.1 Å². The summed E-state index contributed by atoms with van der Waals surface area (Å²) in [4.78, 5) is 4.95. The third-order valence-electron chi connectivity index (χ3n) is 5.73. The van der Waals surface area contributed by atoms with Crippen molar-refractivity contribution in [2.75, 3.05) is 42.7 Å². The van der Waals surface area contributed by atoms with Crippen molar-refractivity contribution in [3.63, 3.8) is 0 Å². The zero-order chi connectivity index (χ0) is 24.2. The highest BCUT2D eigenvalue weighted by atomic mass is 16.5. The van der Waals surface area contributed by atoms with Crippen molar-refractivity contribution in [2.24, 2.45) is 0 Å². The Kier molecular flexibility index (Phi) is 6.67. The number of para-hydroxylation sites is 2. The Morgan fingerprint density at radius 2 is 1.15 bits per heavy atom. The van der Waals surface area contributed by atoms with Gasteiger partial charge in [0.25, 0.3) is 0 Å². The van der Waals surface area contributed by atoms with Crippen molar-refractivity contribution >= 4 is 11.0 Å². The van der Waals surface area contributed by atoms with E-state index in [9.17, 15) is 0 Å². The SMILES string of the molecule is COc1cc(OC)c(Cn2c(-c3c(OC)cc(OC)cc3OC)nc3ccccc32)c(OC)c1. The smallest absolute Gasteiger partial charge is 0.149 e. The van der Waals surface area contributed by atoms with Gasteiger partial charge in [0.2, 0.25) is 0 Å². The molecule has 0 N–H and O–H groups in total. The van der Waals surface area contributed by atoms with Gasteiger partial charge < -0.3 is 33.0 Å². The topological polar surface area (TPSA) is 73.2 Å². The minimum atomic E-state index is 0.421. The monoisotopic (exact) mass is 464 g/mol. The Balaban J connectivity index is 2.00. The first-order valence-electron chi connectivity index (χ1n) is 10.6. The van der Waals surface area contributed by atoms with Crippen LogP contribution in [-0.4, -0.2) is 52.2 Å². The first-order chi connectivity index (χ1) is 16.6. The molecule has 0 saturated heterocycles. The van der Waals surface area contributed by atoms with E-state index >= 15 is 0 Å². The number of benzene rings is 3. The Labute approximate surface area is 198 Å². The fraction of sp³-hybridized carbons (Fsp3) is 0.269. The molecule has 3 aromatic carbocycles. The lowest BCUT2D eigenvalue weighted by molar-refractivity contribution is 0.367. The summed E-state index contributed by atoms with van der Waals surface area (Å²) in [6.07, 6.45) is 0. The first kappa shape index (κ1) is 23.1. The summed E-state index contributed by atoms with van der Waals surface area (Å²) in [5.41, 5.74) is 3.34. The zero-order valence-corrected chi connectivity index (χ0v) is 20.2. The summed E-state index contributed by atoms with van der Waals surface area (Å²) in [5, 5.41) is 0. The number of hydrogen-bond acceptors (Lipinski definition) is 7. The summed E-state index contributed by atoms with van der Waals surface area (Å²) in [6, 6.07) is 15.2. The highest BCUT2D eigenvalue weighted by Crippen LogP contribution is 2.43. The molecule has 0 spiro atoms. The van der Waals surface area contributed by atoms with Gasteiger partial charge in [-0.05, 0) is 12.1 Å². The molecule has 0 radical (unpaired) electrons. The van der Waals surface area contributed by atoms with Crippen LogP contribution < -0.4 is 28.4 Å². The van der Waals surface area contributed by atoms with Crippen molar-refractivity contribution in [1.82, 2.24) is 9.55 Å². The zero-order valence-electron chi connectivity index (χ0n) is 20.2. The molecule has 1 aromatic heterocycles. The van der Waals surface area contributed by atoms with E-state index in [1.54, 1.807) is 42.7 Å². The molecule has 0 aliphatic carbocycles. The lowest BCUT2D eigenvalue weighted by atomic mass is 10.1. The number of hydrogen-bond donors (Lipinski definition) is 0. The summed E-state index contributed by atoms with van der Waals surface area (Å²) >= 11 is 0. The molecule has 0 unspecified atom stereocenters. The maximum Gasteiger partial charge on any atom is 0.149 e. The molecule has 0 atom stereocenters. The van der Waals surface area contributed by atoms with Gasteiger partial charge in [-0.1, -0.05) is 12.1 Å². The Morgan fingerprint density at radius 1 is 0.647 bits per heavy atom. The van der Waals surface area contributed by atoms with Crippen LogP contribution in [0.15, 0.2) is 48.5 Å². The number of fused-ring (bicyclic) bond motifs is 1. The predicted octanol–water partition coefficient (Wildman–Crippen LogP) is 4.80. The van der Waals surface area contributed by atoms with Gasteiger partial charge in [-0.2, -0.15) is 0 Å². The van der Waals surface area contributed by atoms with Gasteiger partial charge in [0.05, 0.1) is 65.8 Å². The van der Waals surface area contributed by atoms with Crippen molar-refractivity contribution in [2.45, 2.75) is 6.54 Å². The number of methoxy groups -OCH3 is 6. The van der Waals surface area contributed by atoms with Crippen LogP contribution in [0.4, 0.5) is 0 Å². The molecular formula is C26H28N2O6. The molecule has 0 fully saturated rings. The minimum Gasteiger partial charge on any atom is -0.496 e. The average Bonchev–Trinajstić information content (AvgIpc) is 3.25. The van der Waals surface area contributed by atoms with E-state index in [0.717, 1.165) is 16.6 Å². The van der Waals surface area contributed by atoms with Crippen LogP contribution in [0.2, 0.25) is 0 Å². The van der Waals surface area contributed by atoms with E-state index in [1.807, 2.05) is 48.5 Å². The van der Waals surface area contributed by atoms with E-state index in [1.165, 1.54) is 0 Å². The third-order valence-corrected chi connectivity index (χ3v) is 5.73. The van der Waals surface area contributed by atoms with Crippen molar-refractivity contribution < 1.29 is 28.4 Å². The van der Waals surface area contributed by atoms with Crippen LogP contribution in [-0.2, 0) is 6.54 Å². The molecule has 0 saturated carbocycles. The second-order valence-electron chi connectivity index (χ2n) is 7.43. The molecule has 178 valence electrons. The van der Waals surface area contributed by atoms with Gasteiger partial charge in [-0.15, -0.1) is 0 Å². The number of nitrogens with zero attached hydrogens (tertiary/aromatic N) is 2. The molecule has 34 heavy (non-hydrogen) atoms. The normalized spacial score (nSPS) is 10.8. The molecule has 0 bridgehead atoms. The fourth-order valence-corrected chi connectivity index (χ4v) is 4.04. The highest BCUT2D eigenvalue weighted by Gasteiger charge is 2.24. The van der Waals surface area contributed by atoms with E-state index in [-0.39, 0.29) is 0 Å². The van der Waals surface area contributed by atoms with Gasteiger partial charge in [0.15, 0.2) is 0 Å².